The molecule has 0 aromatic carbocycles. The molecule has 0 rings (SSSR count). The molecule has 0 bridgehead atoms. The topological polar surface area (TPSA) is 78.9 Å². The van der Waals surface area contributed by atoms with E-state index in [1.807, 2.05) is 6.08 Å². The van der Waals surface area contributed by atoms with Gasteiger partial charge >= 0.3 is 17.9 Å². The van der Waals surface area contributed by atoms with Gasteiger partial charge in [-0.15, -0.1) is 0 Å². The van der Waals surface area contributed by atoms with E-state index in [9.17, 15) is 14.4 Å². The molecule has 0 aromatic rings. The Morgan fingerprint density at radius 2 is 0.569 bits per heavy atom. The number of allylic oxidation sites excluding steroid dienone is 18. The number of hydrogen-bond acceptors (Lipinski definition) is 6. The number of hydrogen-bond donors (Lipinski definition) is 0. The number of rotatable bonds is 53. The van der Waals surface area contributed by atoms with Gasteiger partial charge in [-0.3, -0.25) is 14.4 Å². The minimum Gasteiger partial charge on any atom is -0.462 e. The van der Waals surface area contributed by atoms with Gasteiger partial charge < -0.3 is 14.2 Å². The van der Waals surface area contributed by atoms with Gasteiger partial charge in [0.1, 0.15) is 13.2 Å². The molecule has 0 saturated heterocycles. The minimum atomic E-state index is -0.817. The summed E-state index contributed by atoms with van der Waals surface area (Å²) in [7, 11) is 0. The fraction of sp³-hybridized carbons (Fsp3) is 0.682. The van der Waals surface area contributed by atoms with Crippen LogP contribution < -0.4 is 0 Å². The molecule has 0 spiro atoms. The third-order valence-electron chi connectivity index (χ3n) is 12.5. The van der Waals surface area contributed by atoms with Crippen molar-refractivity contribution in [2.45, 2.75) is 277 Å². The van der Waals surface area contributed by atoms with E-state index in [4.69, 9.17) is 14.2 Å². The molecule has 1 unspecified atom stereocenters. The SMILES string of the molecule is CC/C=C\C/C=C\C/C=C\C/C=C\C/C=C\C/C=C\CCC(=O)OCC(COC(=O)CCCCCCC/C=C\CCCCCCCCC)OC(=O)CCCCCCCCCCC/C=C\C/C=C\CCCCC. The van der Waals surface area contributed by atoms with Crippen molar-refractivity contribution in [1.82, 2.24) is 0 Å². The molecule has 0 heterocycles. The number of carbonyl (C=O) groups is 3. The van der Waals surface area contributed by atoms with Crippen molar-refractivity contribution in [3.05, 3.63) is 109 Å². The average Bonchev–Trinajstić information content (AvgIpc) is 3.38. The highest BCUT2D eigenvalue weighted by atomic mass is 16.6. The molecule has 6 heteroatoms. The van der Waals surface area contributed by atoms with E-state index in [0.29, 0.717) is 19.3 Å². The first-order valence-corrected chi connectivity index (χ1v) is 29.9. The largest absolute Gasteiger partial charge is 0.462 e. The lowest BCUT2D eigenvalue weighted by molar-refractivity contribution is -0.166. The Morgan fingerprint density at radius 3 is 0.972 bits per heavy atom. The lowest BCUT2D eigenvalue weighted by Crippen LogP contribution is -2.30. The van der Waals surface area contributed by atoms with Gasteiger partial charge in [-0.25, -0.2) is 0 Å². The van der Waals surface area contributed by atoms with Crippen LogP contribution in [0.4, 0.5) is 0 Å². The van der Waals surface area contributed by atoms with Crippen LogP contribution in [0.2, 0.25) is 0 Å². The Balaban J connectivity index is 4.52. The third kappa shape index (κ3) is 57.0. The normalized spacial score (nSPS) is 12.9. The number of carbonyl (C=O) groups excluding carboxylic acids is 3. The summed E-state index contributed by atoms with van der Waals surface area (Å²) in [6.07, 6.45) is 80.9. The summed E-state index contributed by atoms with van der Waals surface area (Å²) in [5.41, 5.74) is 0. The smallest absolute Gasteiger partial charge is 0.306 e. The quantitative estimate of drug-likeness (QED) is 0.0261. The summed E-state index contributed by atoms with van der Waals surface area (Å²) in [5.74, 6) is -1.00. The second-order valence-corrected chi connectivity index (χ2v) is 19.5. The Kier molecular flexibility index (Phi) is 56.4. The predicted molar refractivity (Wildman–Crippen MR) is 311 cm³/mol. The van der Waals surface area contributed by atoms with Crippen molar-refractivity contribution < 1.29 is 28.6 Å². The summed E-state index contributed by atoms with van der Waals surface area (Å²) < 4.78 is 16.8. The minimum absolute atomic E-state index is 0.108. The molecule has 0 saturated carbocycles. The van der Waals surface area contributed by atoms with Crippen molar-refractivity contribution in [3.63, 3.8) is 0 Å². The molecule has 0 radical (unpaired) electrons. The predicted octanol–water partition coefficient (Wildman–Crippen LogP) is 20.3. The van der Waals surface area contributed by atoms with Gasteiger partial charge in [0.05, 0.1) is 0 Å². The zero-order chi connectivity index (χ0) is 52.2. The van der Waals surface area contributed by atoms with E-state index in [1.165, 1.54) is 128 Å². The number of unbranched alkanes of at least 4 members (excludes halogenated alkanes) is 24. The summed E-state index contributed by atoms with van der Waals surface area (Å²) in [4.78, 5) is 38.2. The van der Waals surface area contributed by atoms with Gasteiger partial charge in [-0.05, 0) is 116 Å². The van der Waals surface area contributed by atoms with Crippen LogP contribution in [0, 0.1) is 0 Å². The molecule has 0 aromatic heterocycles. The molecule has 0 aliphatic heterocycles. The molecule has 72 heavy (non-hydrogen) atoms. The highest BCUT2D eigenvalue weighted by molar-refractivity contribution is 5.71. The van der Waals surface area contributed by atoms with Gasteiger partial charge in [0, 0.05) is 19.3 Å². The summed E-state index contributed by atoms with van der Waals surface area (Å²) >= 11 is 0. The maximum Gasteiger partial charge on any atom is 0.306 e. The van der Waals surface area contributed by atoms with E-state index in [2.05, 4.69) is 124 Å². The lowest BCUT2D eigenvalue weighted by Gasteiger charge is -2.18. The molecule has 410 valence electrons. The first kappa shape index (κ1) is 68.1. The molecule has 0 N–H and O–H groups in total. The molecular formula is C66H110O6. The summed E-state index contributed by atoms with van der Waals surface area (Å²) in [6.45, 7) is 6.43. The third-order valence-corrected chi connectivity index (χ3v) is 12.5. The fourth-order valence-electron chi connectivity index (χ4n) is 8.02. The molecule has 0 amide bonds. The number of esters is 3. The van der Waals surface area contributed by atoms with Gasteiger partial charge in [0.2, 0.25) is 0 Å². The van der Waals surface area contributed by atoms with Crippen molar-refractivity contribution in [2.24, 2.45) is 0 Å². The highest BCUT2D eigenvalue weighted by Gasteiger charge is 2.19. The molecule has 6 nitrogen and oxygen atoms in total. The molecule has 0 fully saturated rings. The van der Waals surface area contributed by atoms with E-state index in [1.54, 1.807) is 0 Å². The Labute approximate surface area is 444 Å². The zero-order valence-corrected chi connectivity index (χ0v) is 46.9. The maximum atomic E-state index is 12.9. The average molecular weight is 1000 g/mol. The van der Waals surface area contributed by atoms with Crippen LogP contribution in [-0.4, -0.2) is 37.2 Å². The molecular weight excluding hydrogens is 889 g/mol. The van der Waals surface area contributed by atoms with Gasteiger partial charge in [-0.2, -0.15) is 0 Å². The van der Waals surface area contributed by atoms with Crippen molar-refractivity contribution >= 4 is 17.9 Å². The van der Waals surface area contributed by atoms with Gasteiger partial charge in [-0.1, -0.05) is 246 Å². The molecule has 1 atom stereocenters. The van der Waals surface area contributed by atoms with Gasteiger partial charge in [0.15, 0.2) is 6.10 Å². The van der Waals surface area contributed by atoms with E-state index in [-0.39, 0.29) is 37.5 Å². The first-order chi connectivity index (χ1) is 35.5. The van der Waals surface area contributed by atoms with Crippen LogP contribution in [0.25, 0.3) is 0 Å². The zero-order valence-electron chi connectivity index (χ0n) is 46.9. The standard InChI is InChI=1S/C66H110O6/c1-4-7-10-13-16-19-22-25-28-31-33-35-38-41-44-47-50-53-56-59-65(68)71-62-63(61-70-64(67)58-55-52-49-46-43-40-37-30-27-24-21-18-15-12-9-6-3)72-66(69)60-57-54-51-48-45-42-39-36-34-32-29-26-23-20-17-14-11-8-5-2/h7,10,16-17,19-20,25-26,28-30,33,35,37,41,44,50,53,63H,4-6,8-9,11-15,18,21-24,27,31-32,34,36,38-40,42-43,45-49,51-52,54-62H2,1-3H3/b10-7-,19-16-,20-17-,28-25-,29-26-,35-33-,37-30-,44-41-,53-50-. The van der Waals surface area contributed by atoms with Crippen molar-refractivity contribution in [3.8, 4) is 0 Å². The summed E-state index contributed by atoms with van der Waals surface area (Å²) in [6, 6.07) is 0. The monoisotopic (exact) mass is 999 g/mol. The summed E-state index contributed by atoms with van der Waals surface area (Å²) in [5, 5.41) is 0. The Hall–Kier alpha value is -3.93. The highest BCUT2D eigenvalue weighted by Crippen LogP contribution is 2.15. The van der Waals surface area contributed by atoms with E-state index < -0.39 is 6.10 Å². The van der Waals surface area contributed by atoms with Crippen molar-refractivity contribution in [1.29, 1.82) is 0 Å². The van der Waals surface area contributed by atoms with Crippen LogP contribution in [0.15, 0.2) is 109 Å². The van der Waals surface area contributed by atoms with E-state index in [0.717, 1.165) is 96.3 Å². The second kappa shape index (κ2) is 59.6. The first-order valence-electron chi connectivity index (χ1n) is 29.9. The van der Waals surface area contributed by atoms with Crippen LogP contribution in [0.5, 0.6) is 0 Å². The Morgan fingerprint density at radius 1 is 0.292 bits per heavy atom. The van der Waals surface area contributed by atoms with Crippen LogP contribution >= 0.6 is 0 Å². The second-order valence-electron chi connectivity index (χ2n) is 19.5. The fourth-order valence-corrected chi connectivity index (χ4v) is 8.02. The maximum absolute atomic E-state index is 12.9. The molecule has 0 aliphatic carbocycles. The van der Waals surface area contributed by atoms with Crippen LogP contribution in [0.3, 0.4) is 0 Å². The Bertz CT molecular complexity index is 1470. The van der Waals surface area contributed by atoms with Crippen molar-refractivity contribution in [2.75, 3.05) is 13.2 Å². The van der Waals surface area contributed by atoms with Crippen LogP contribution in [0.1, 0.15) is 271 Å². The lowest BCUT2D eigenvalue weighted by atomic mass is 10.1. The van der Waals surface area contributed by atoms with E-state index >= 15 is 0 Å². The van der Waals surface area contributed by atoms with Crippen LogP contribution in [-0.2, 0) is 28.6 Å². The van der Waals surface area contributed by atoms with Gasteiger partial charge in [0.25, 0.3) is 0 Å². The molecule has 0 aliphatic rings. The number of ether oxygens (including phenoxy) is 3.